The summed E-state index contributed by atoms with van der Waals surface area (Å²) in [6, 6.07) is 6.46. The number of carbonyl (C=O) groups is 1. The average molecular weight is 381 g/mol. The largest absolute Gasteiger partial charge is 0.444 e. The molecular weight excluding hydrogens is 356 g/mol. The zero-order valence-corrected chi connectivity index (χ0v) is 15.7. The van der Waals surface area contributed by atoms with Crippen LogP contribution in [0.5, 0.6) is 0 Å². The van der Waals surface area contributed by atoms with Crippen molar-refractivity contribution in [3.05, 3.63) is 33.8 Å². The second-order valence-corrected chi connectivity index (χ2v) is 8.47. The molecule has 1 aromatic rings. The predicted octanol–water partition coefficient (Wildman–Crippen LogP) is 3.67. The van der Waals surface area contributed by atoms with Crippen LogP contribution in [0.2, 0.25) is 0 Å². The first-order valence-corrected chi connectivity index (χ1v) is 9.07. The highest BCUT2D eigenvalue weighted by atomic mass is 79.9. The summed E-state index contributed by atoms with van der Waals surface area (Å²) in [6.45, 7) is 10.5. The first-order chi connectivity index (χ1) is 10.8. The van der Waals surface area contributed by atoms with Gasteiger partial charge in [-0.2, -0.15) is 0 Å². The number of hydrogen-bond donors (Lipinski definition) is 0. The number of amides is 1. The van der Waals surface area contributed by atoms with Crippen LogP contribution in [-0.4, -0.2) is 47.7 Å². The summed E-state index contributed by atoms with van der Waals surface area (Å²) < 4.78 is 6.64. The van der Waals surface area contributed by atoms with E-state index in [1.165, 1.54) is 15.6 Å². The van der Waals surface area contributed by atoms with Gasteiger partial charge in [-0.05, 0) is 44.4 Å². The van der Waals surface area contributed by atoms with Crippen molar-refractivity contribution in [3.8, 4) is 0 Å². The number of fused-ring (bicyclic) bond motifs is 1. The lowest BCUT2D eigenvalue weighted by Gasteiger charge is -2.42. The van der Waals surface area contributed by atoms with Gasteiger partial charge in [-0.3, -0.25) is 4.90 Å². The van der Waals surface area contributed by atoms with Crippen LogP contribution >= 0.6 is 15.9 Å². The molecule has 1 aromatic carbocycles. The van der Waals surface area contributed by atoms with Crippen LogP contribution in [0, 0.1) is 5.92 Å². The van der Waals surface area contributed by atoms with Gasteiger partial charge in [-0.1, -0.05) is 28.1 Å². The summed E-state index contributed by atoms with van der Waals surface area (Å²) in [5.74, 6) is 0.566. The molecule has 126 valence electrons. The third-order valence-corrected chi connectivity index (χ3v) is 5.16. The van der Waals surface area contributed by atoms with Crippen LogP contribution in [-0.2, 0) is 17.7 Å². The molecule has 0 aliphatic carbocycles. The van der Waals surface area contributed by atoms with Crippen molar-refractivity contribution in [1.82, 2.24) is 9.80 Å². The van der Waals surface area contributed by atoms with Crippen molar-refractivity contribution in [3.63, 3.8) is 0 Å². The van der Waals surface area contributed by atoms with Crippen LogP contribution < -0.4 is 0 Å². The van der Waals surface area contributed by atoms with E-state index >= 15 is 0 Å². The first kappa shape index (κ1) is 16.8. The van der Waals surface area contributed by atoms with E-state index in [0.717, 1.165) is 39.1 Å². The molecule has 0 aromatic heterocycles. The van der Waals surface area contributed by atoms with Crippen LogP contribution in [0.4, 0.5) is 4.79 Å². The maximum absolute atomic E-state index is 12.0. The molecule has 23 heavy (non-hydrogen) atoms. The van der Waals surface area contributed by atoms with Crippen molar-refractivity contribution < 1.29 is 9.53 Å². The number of halogens is 1. The van der Waals surface area contributed by atoms with Gasteiger partial charge in [-0.25, -0.2) is 4.79 Å². The highest BCUT2D eigenvalue weighted by molar-refractivity contribution is 9.10. The van der Waals surface area contributed by atoms with Gasteiger partial charge in [0, 0.05) is 43.1 Å². The number of ether oxygens (including phenoxy) is 1. The second-order valence-electron chi connectivity index (χ2n) is 7.61. The van der Waals surface area contributed by atoms with E-state index in [-0.39, 0.29) is 6.09 Å². The molecule has 0 saturated carbocycles. The van der Waals surface area contributed by atoms with E-state index < -0.39 is 5.60 Å². The van der Waals surface area contributed by atoms with E-state index in [1.54, 1.807) is 0 Å². The van der Waals surface area contributed by atoms with E-state index in [2.05, 4.69) is 39.0 Å². The quantitative estimate of drug-likeness (QED) is 0.784. The minimum absolute atomic E-state index is 0.179. The van der Waals surface area contributed by atoms with Crippen LogP contribution in [0.25, 0.3) is 0 Å². The second kappa shape index (κ2) is 6.44. The molecular formula is C18H25BrN2O2. The standard InChI is InChI=1S/C18H25BrN2O2/c1-18(2,3)23-17(22)21-10-13(11-21)9-20-8-7-15-14(12-20)5-4-6-16(15)19/h4-6,13H,7-12H2,1-3H3. The van der Waals surface area contributed by atoms with Gasteiger partial charge in [0.05, 0.1) is 0 Å². The molecule has 1 amide bonds. The predicted molar refractivity (Wildman–Crippen MR) is 94.4 cm³/mol. The molecule has 1 fully saturated rings. The van der Waals surface area contributed by atoms with Gasteiger partial charge in [0.15, 0.2) is 0 Å². The highest BCUT2D eigenvalue weighted by Crippen LogP contribution is 2.28. The van der Waals surface area contributed by atoms with Crippen LogP contribution in [0.15, 0.2) is 22.7 Å². The number of benzene rings is 1. The van der Waals surface area contributed by atoms with Gasteiger partial charge in [0.25, 0.3) is 0 Å². The van der Waals surface area contributed by atoms with E-state index in [1.807, 2.05) is 25.7 Å². The molecule has 3 rings (SSSR count). The average Bonchev–Trinajstić information content (AvgIpc) is 2.40. The van der Waals surface area contributed by atoms with Crippen molar-refractivity contribution >= 4 is 22.0 Å². The molecule has 2 aliphatic heterocycles. The monoisotopic (exact) mass is 380 g/mol. The van der Waals surface area contributed by atoms with Crippen LogP contribution in [0.1, 0.15) is 31.9 Å². The molecule has 0 spiro atoms. The fourth-order valence-electron chi connectivity index (χ4n) is 3.30. The molecule has 0 bridgehead atoms. The Labute approximate surface area is 146 Å². The maximum atomic E-state index is 12.0. The highest BCUT2D eigenvalue weighted by Gasteiger charge is 2.35. The molecule has 1 saturated heterocycles. The molecule has 0 radical (unpaired) electrons. The number of nitrogens with zero attached hydrogens (tertiary/aromatic N) is 2. The summed E-state index contributed by atoms with van der Waals surface area (Å²) in [4.78, 5) is 16.3. The molecule has 2 aliphatic rings. The molecule has 0 N–H and O–H groups in total. The number of hydrogen-bond acceptors (Lipinski definition) is 3. The molecule has 0 atom stereocenters. The van der Waals surface area contributed by atoms with Gasteiger partial charge in [0.1, 0.15) is 5.60 Å². The van der Waals surface area contributed by atoms with Crippen molar-refractivity contribution in [1.29, 1.82) is 0 Å². The van der Waals surface area contributed by atoms with Crippen LogP contribution in [0.3, 0.4) is 0 Å². The Morgan fingerprint density at radius 1 is 1.35 bits per heavy atom. The Morgan fingerprint density at radius 3 is 2.78 bits per heavy atom. The first-order valence-electron chi connectivity index (χ1n) is 8.28. The Bertz CT molecular complexity index is 591. The zero-order valence-electron chi connectivity index (χ0n) is 14.1. The van der Waals surface area contributed by atoms with Gasteiger partial charge >= 0.3 is 6.09 Å². The topological polar surface area (TPSA) is 32.8 Å². The maximum Gasteiger partial charge on any atom is 0.410 e. The molecule has 4 nitrogen and oxygen atoms in total. The third-order valence-electron chi connectivity index (χ3n) is 4.41. The zero-order chi connectivity index (χ0) is 16.6. The Balaban J connectivity index is 1.47. The molecule has 0 unspecified atom stereocenters. The lowest BCUT2D eigenvalue weighted by molar-refractivity contribution is -0.00706. The van der Waals surface area contributed by atoms with Crippen molar-refractivity contribution in [2.45, 2.75) is 39.3 Å². The van der Waals surface area contributed by atoms with Crippen molar-refractivity contribution in [2.75, 3.05) is 26.2 Å². The normalized spacial score (nSPS) is 19.2. The fourth-order valence-corrected chi connectivity index (χ4v) is 3.91. The molecule has 5 heteroatoms. The Morgan fingerprint density at radius 2 is 2.09 bits per heavy atom. The van der Waals surface area contributed by atoms with Gasteiger partial charge in [-0.15, -0.1) is 0 Å². The smallest absolute Gasteiger partial charge is 0.410 e. The number of likely N-dealkylation sites (tertiary alicyclic amines) is 1. The Hall–Kier alpha value is -1.07. The lowest BCUT2D eigenvalue weighted by atomic mass is 9.96. The van der Waals surface area contributed by atoms with E-state index in [0.29, 0.717) is 5.92 Å². The van der Waals surface area contributed by atoms with E-state index in [9.17, 15) is 4.79 Å². The van der Waals surface area contributed by atoms with Gasteiger partial charge in [0.2, 0.25) is 0 Å². The molecule has 2 heterocycles. The number of carbonyl (C=O) groups excluding carboxylic acids is 1. The Kier molecular flexibility index (Phi) is 4.70. The minimum atomic E-state index is -0.411. The van der Waals surface area contributed by atoms with E-state index in [4.69, 9.17) is 4.74 Å². The summed E-state index contributed by atoms with van der Waals surface area (Å²) in [6.07, 6.45) is 0.917. The summed E-state index contributed by atoms with van der Waals surface area (Å²) >= 11 is 3.65. The SMILES string of the molecule is CC(C)(C)OC(=O)N1CC(CN2CCc3c(Br)cccc3C2)C1. The summed E-state index contributed by atoms with van der Waals surface area (Å²) in [5.41, 5.74) is 2.47. The summed E-state index contributed by atoms with van der Waals surface area (Å²) in [5, 5.41) is 0. The lowest BCUT2D eigenvalue weighted by Crippen LogP contribution is -2.55. The summed E-state index contributed by atoms with van der Waals surface area (Å²) in [7, 11) is 0. The minimum Gasteiger partial charge on any atom is -0.444 e. The third kappa shape index (κ3) is 4.07. The number of rotatable bonds is 2. The van der Waals surface area contributed by atoms with Crippen molar-refractivity contribution in [2.24, 2.45) is 5.92 Å². The van der Waals surface area contributed by atoms with Gasteiger partial charge < -0.3 is 9.64 Å². The fraction of sp³-hybridized carbons (Fsp3) is 0.611.